The van der Waals surface area contributed by atoms with Crippen LogP contribution in [0.5, 0.6) is 11.5 Å². The van der Waals surface area contributed by atoms with Crippen LogP contribution in [0.15, 0.2) is 12.1 Å². The molecular weight excluding hydrogens is 319 g/mol. The van der Waals surface area contributed by atoms with Crippen molar-refractivity contribution in [1.29, 1.82) is 0 Å². The van der Waals surface area contributed by atoms with Crippen LogP contribution in [0.1, 0.15) is 5.56 Å². The van der Waals surface area contributed by atoms with Crippen LogP contribution in [0.4, 0.5) is 0 Å². The molecule has 118 valence electrons. The molecule has 2 rings (SSSR count). The Morgan fingerprint density at radius 1 is 1.48 bits per heavy atom. The first-order valence-corrected chi connectivity index (χ1v) is 6.60. The summed E-state index contributed by atoms with van der Waals surface area (Å²) in [5.41, 5.74) is 6.44. The average Bonchev–Trinajstić information content (AvgIpc) is 2.45. The van der Waals surface area contributed by atoms with E-state index in [-0.39, 0.29) is 24.9 Å². The molecule has 3 N–H and O–H groups in total. The van der Waals surface area contributed by atoms with Crippen LogP contribution in [0.25, 0.3) is 0 Å². The Balaban J connectivity index is 0.00000220. The Morgan fingerprint density at radius 2 is 2.19 bits per heavy atom. The van der Waals surface area contributed by atoms with Crippen LogP contribution in [-0.2, 0) is 16.1 Å². The number of halogens is 2. The molecule has 0 saturated heterocycles. The number of nitrogens with one attached hydrogen (secondary N) is 1. The number of nitrogens with two attached hydrogens (primary N) is 1. The molecule has 1 unspecified atom stereocenters. The minimum atomic E-state index is -0.687. The third-order valence-electron chi connectivity index (χ3n) is 2.81. The molecule has 0 aliphatic carbocycles. The zero-order chi connectivity index (χ0) is 14.5. The van der Waals surface area contributed by atoms with Crippen molar-refractivity contribution < 1.29 is 19.0 Å². The third kappa shape index (κ3) is 4.64. The van der Waals surface area contributed by atoms with Crippen LogP contribution >= 0.6 is 24.0 Å². The second-order valence-electron chi connectivity index (χ2n) is 4.38. The van der Waals surface area contributed by atoms with Gasteiger partial charge < -0.3 is 25.3 Å². The first-order valence-electron chi connectivity index (χ1n) is 6.22. The molecule has 1 aliphatic heterocycles. The van der Waals surface area contributed by atoms with Crippen molar-refractivity contribution in [2.24, 2.45) is 5.73 Å². The predicted molar refractivity (Wildman–Crippen MR) is 81.4 cm³/mol. The maximum absolute atomic E-state index is 11.7. The van der Waals surface area contributed by atoms with Crippen molar-refractivity contribution in [2.75, 3.05) is 26.9 Å². The molecule has 0 fully saturated rings. The quantitative estimate of drug-likeness (QED) is 0.841. The molecule has 1 heterocycles. The van der Waals surface area contributed by atoms with Gasteiger partial charge >= 0.3 is 0 Å². The fourth-order valence-electron chi connectivity index (χ4n) is 1.84. The van der Waals surface area contributed by atoms with Gasteiger partial charge in [0.1, 0.15) is 19.3 Å². The number of carbonyl (C=O) groups is 1. The molecule has 6 nitrogen and oxygen atoms in total. The smallest absolute Gasteiger partial charge is 0.239 e. The van der Waals surface area contributed by atoms with Gasteiger partial charge in [-0.3, -0.25) is 4.79 Å². The van der Waals surface area contributed by atoms with E-state index in [0.29, 0.717) is 36.3 Å². The van der Waals surface area contributed by atoms with E-state index in [1.165, 1.54) is 7.11 Å². The largest absolute Gasteiger partial charge is 0.486 e. The summed E-state index contributed by atoms with van der Waals surface area (Å²) in [4.78, 5) is 11.7. The van der Waals surface area contributed by atoms with Crippen LogP contribution in [0, 0.1) is 0 Å². The molecule has 1 atom stereocenters. The highest BCUT2D eigenvalue weighted by Gasteiger charge is 2.17. The van der Waals surface area contributed by atoms with Gasteiger partial charge in [0.2, 0.25) is 5.91 Å². The van der Waals surface area contributed by atoms with E-state index in [9.17, 15) is 4.79 Å². The molecule has 0 aromatic heterocycles. The molecular formula is C13H18Cl2N2O4. The molecule has 0 bridgehead atoms. The lowest BCUT2D eigenvalue weighted by Gasteiger charge is -2.20. The summed E-state index contributed by atoms with van der Waals surface area (Å²) in [7, 11) is 1.49. The molecule has 0 spiro atoms. The Labute approximate surface area is 134 Å². The van der Waals surface area contributed by atoms with E-state index in [2.05, 4.69) is 5.32 Å². The highest BCUT2D eigenvalue weighted by atomic mass is 35.5. The van der Waals surface area contributed by atoms with Crippen LogP contribution < -0.4 is 20.5 Å². The van der Waals surface area contributed by atoms with E-state index >= 15 is 0 Å². The number of benzene rings is 1. The number of carbonyl (C=O) groups excluding carboxylic acids is 1. The summed E-state index contributed by atoms with van der Waals surface area (Å²) in [6, 6.07) is 2.84. The highest BCUT2D eigenvalue weighted by molar-refractivity contribution is 6.32. The Kier molecular flexibility index (Phi) is 7.04. The summed E-state index contributed by atoms with van der Waals surface area (Å²) in [6.07, 6.45) is 0. The topological polar surface area (TPSA) is 82.8 Å². The van der Waals surface area contributed by atoms with Gasteiger partial charge in [0.25, 0.3) is 0 Å². The fourth-order valence-corrected chi connectivity index (χ4v) is 2.13. The lowest BCUT2D eigenvalue weighted by atomic mass is 10.2. The molecule has 0 saturated carbocycles. The number of methoxy groups -OCH3 is 1. The lowest BCUT2D eigenvalue weighted by Crippen LogP contribution is -2.43. The summed E-state index contributed by atoms with van der Waals surface area (Å²) in [6.45, 7) is 1.45. The maximum atomic E-state index is 11.7. The summed E-state index contributed by atoms with van der Waals surface area (Å²) < 4.78 is 15.7. The first-order chi connectivity index (χ1) is 9.61. The predicted octanol–water partition coefficient (Wildman–Crippen LogP) is 1.12. The van der Waals surface area contributed by atoms with E-state index < -0.39 is 6.04 Å². The summed E-state index contributed by atoms with van der Waals surface area (Å²) in [5, 5.41) is 3.18. The summed E-state index contributed by atoms with van der Waals surface area (Å²) in [5.74, 6) is 0.858. The molecule has 8 heteroatoms. The molecule has 21 heavy (non-hydrogen) atoms. The monoisotopic (exact) mass is 336 g/mol. The zero-order valence-corrected chi connectivity index (χ0v) is 13.1. The van der Waals surface area contributed by atoms with Gasteiger partial charge in [-0.15, -0.1) is 12.4 Å². The van der Waals surface area contributed by atoms with Crippen molar-refractivity contribution in [1.82, 2.24) is 5.32 Å². The maximum Gasteiger partial charge on any atom is 0.239 e. The second-order valence-corrected chi connectivity index (χ2v) is 4.79. The van der Waals surface area contributed by atoms with Gasteiger partial charge in [-0.1, -0.05) is 11.6 Å². The Bertz CT molecular complexity index is 499. The second kappa shape index (κ2) is 8.29. The van der Waals surface area contributed by atoms with E-state index in [1.807, 2.05) is 0 Å². The van der Waals surface area contributed by atoms with Gasteiger partial charge in [0.15, 0.2) is 11.5 Å². The van der Waals surface area contributed by atoms with Gasteiger partial charge in [-0.25, -0.2) is 0 Å². The normalized spacial score (nSPS) is 14.0. The van der Waals surface area contributed by atoms with E-state index in [4.69, 9.17) is 31.5 Å². The van der Waals surface area contributed by atoms with Crippen LogP contribution in [-0.4, -0.2) is 38.9 Å². The lowest BCUT2D eigenvalue weighted by molar-refractivity contribution is -0.123. The van der Waals surface area contributed by atoms with Crippen LogP contribution in [0.2, 0.25) is 5.02 Å². The number of ether oxygens (including phenoxy) is 3. The average molecular weight is 337 g/mol. The number of amides is 1. The van der Waals surface area contributed by atoms with E-state index in [0.717, 1.165) is 5.56 Å². The van der Waals surface area contributed by atoms with E-state index in [1.54, 1.807) is 12.1 Å². The van der Waals surface area contributed by atoms with Crippen LogP contribution in [0.3, 0.4) is 0 Å². The number of hydrogen-bond acceptors (Lipinski definition) is 5. The highest BCUT2D eigenvalue weighted by Crippen LogP contribution is 2.38. The third-order valence-corrected chi connectivity index (χ3v) is 3.09. The Hall–Kier alpha value is -1.21. The summed E-state index contributed by atoms with van der Waals surface area (Å²) >= 11 is 6.11. The fraction of sp³-hybridized carbons (Fsp3) is 0.462. The van der Waals surface area contributed by atoms with Crippen molar-refractivity contribution in [2.45, 2.75) is 12.6 Å². The van der Waals surface area contributed by atoms with Gasteiger partial charge in [0, 0.05) is 13.7 Å². The SMILES string of the molecule is COCC(N)C(=O)NCc1cc(Cl)c2c(c1)OCCO2.Cl. The van der Waals surface area contributed by atoms with Crippen molar-refractivity contribution >= 4 is 29.9 Å². The van der Waals surface area contributed by atoms with Crippen molar-refractivity contribution in [3.05, 3.63) is 22.7 Å². The minimum Gasteiger partial charge on any atom is -0.486 e. The number of fused-ring (bicyclic) bond motifs is 1. The van der Waals surface area contributed by atoms with Gasteiger partial charge in [-0.05, 0) is 17.7 Å². The van der Waals surface area contributed by atoms with Crippen molar-refractivity contribution in [3.63, 3.8) is 0 Å². The molecule has 1 aliphatic rings. The van der Waals surface area contributed by atoms with Gasteiger partial charge in [0.05, 0.1) is 11.6 Å². The zero-order valence-electron chi connectivity index (χ0n) is 11.6. The number of rotatable bonds is 5. The molecule has 1 amide bonds. The minimum absolute atomic E-state index is 0. The molecule has 0 radical (unpaired) electrons. The first kappa shape index (κ1) is 17.8. The van der Waals surface area contributed by atoms with Crippen molar-refractivity contribution in [3.8, 4) is 11.5 Å². The van der Waals surface area contributed by atoms with Gasteiger partial charge in [-0.2, -0.15) is 0 Å². The standard InChI is InChI=1S/C13H17ClN2O4.ClH/c1-18-7-10(15)13(17)16-6-8-4-9(14)12-11(5-8)19-2-3-20-12;/h4-5,10H,2-3,6-7,15H2,1H3,(H,16,17);1H. The Morgan fingerprint density at radius 3 is 2.90 bits per heavy atom. The molecule has 1 aromatic rings. The number of hydrogen-bond donors (Lipinski definition) is 2. The molecule has 1 aromatic carbocycles.